The van der Waals surface area contributed by atoms with E-state index in [2.05, 4.69) is 20.9 Å². The minimum atomic E-state index is -0.227. The predicted molar refractivity (Wildman–Crippen MR) is 47.0 cm³/mol. The van der Waals surface area contributed by atoms with Gasteiger partial charge in [-0.05, 0) is 22.9 Å². The molecular weight excluding hydrogens is 224 g/mol. The zero-order valence-corrected chi connectivity index (χ0v) is 8.04. The third-order valence-electron chi connectivity index (χ3n) is 1.43. The van der Waals surface area contributed by atoms with E-state index in [1.54, 1.807) is 6.92 Å². The SMILES string of the molecule is Cc1ncn(CC=O)c(=O)c1Br. The fraction of sp³-hybridized carbons (Fsp3) is 0.286. The van der Waals surface area contributed by atoms with Crippen LogP contribution in [0.3, 0.4) is 0 Å². The molecule has 0 spiro atoms. The van der Waals surface area contributed by atoms with E-state index < -0.39 is 0 Å². The molecule has 0 saturated carbocycles. The number of nitrogens with zero attached hydrogens (tertiary/aromatic N) is 2. The first-order valence-corrected chi connectivity index (χ1v) is 4.11. The lowest BCUT2D eigenvalue weighted by Gasteiger charge is -2.01. The van der Waals surface area contributed by atoms with Gasteiger partial charge < -0.3 is 4.79 Å². The van der Waals surface area contributed by atoms with Gasteiger partial charge in [-0.1, -0.05) is 0 Å². The first kappa shape index (κ1) is 9.12. The lowest BCUT2D eigenvalue weighted by molar-refractivity contribution is -0.108. The fourth-order valence-electron chi connectivity index (χ4n) is 0.757. The molecule has 0 aliphatic rings. The standard InChI is InChI=1S/C7H7BrN2O2/c1-5-6(8)7(12)10(2-3-11)4-9-5/h3-4H,2H2,1H3. The van der Waals surface area contributed by atoms with Crippen molar-refractivity contribution in [1.82, 2.24) is 9.55 Å². The Balaban J connectivity index is 3.26. The molecule has 0 atom stereocenters. The molecule has 5 heteroatoms. The van der Waals surface area contributed by atoms with Crippen LogP contribution in [0.2, 0.25) is 0 Å². The number of carbonyl (C=O) groups is 1. The van der Waals surface area contributed by atoms with Crippen LogP contribution in [0.4, 0.5) is 0 Å². The van der Waals surface area contributed by atoms with Gasteiger partial charge in [0.2, 0.25) is 0 Å². The number of halogens is 1. The summed E-state index contributed by atoms with van der Waals surface area (Å²) in [7, 11) is 0. The van der Waals surface area contributed by atoms with Crippen LogP contribution in [-0.4, -0.2) is 15.8 Å². The van der Waals surface area contributed by atoms with Crippen LogP contribution in [0.1, 0.15) is 5.69 Å². The van der Waals surface area contributed by atoms with Gasteiger partial charge in [0.15, 0.2) is 0 Å². The molecule has 0 aliphatic heterocycles. The second-order valence-corrected chi connectivity index (χ2v) is 3.06. The summed E-state index contributed by atoms with van der Waals surface area (Å²) in [6, 6.07) is 0. The lowest BCUT2D eigenvalue weighted by Crippen LogP contribution is -2.22. The number of aryl methyl sites for hydroxylation is 1. The van der Waals surface area contributed by atoms with Gasteiger partial charge in [0.05, 0.1) is 18.6 Å². The van der Waals surface area contributed by atoms with E-state index in [0.717, 1.165) is 0 Å². The maximum Gasteiger partial charge on any atom is 0.268 e. The summed E-state index contributed by atoms with van der Waals surface area (Å²) in [5.74, 6) is 0. The van der Waals surface area contributed by atoms with Gasteiger partial charge in [-0.2, -0.15) is 0 Å². The van der Waals surface area contributed by atoms with E-state index in [1.807, 2.05) is 0 Å². The van der Waals surface area contributed by atoms with Crippen molar-refractivity contribution in [1.29, 1.82) is 0 Å². The third kappa shape index (κ3) is 1.61. The summed E-state index contributed by atoms with van der Waals surface area (Å²) in [6.07, 6.45) is 2.02. The average Bonchev–Trinajstić information content (AvgIpc) is 2.07. The summed E-state index contributed by atoms with van der Waals surface area (Å²) < 4.78 is 1.65. The quantitative estimate of drug-likeness (QED) is 0.697. The van der Waals surface area contributed by atoms with Gasteiger partial charge in [-0.3, -0.25) is 9.36 Å². The number of aldehydes is 1. The van der Waals surface area contributed by atoms with Crippen LogP contribution >= 0.6 is 15.9 Å². The number of hydrogen-bond acceptors (Lipinski definition) is 3. The van der Waals surface area contributed by atoms with Gasteiger partial charge in [-0.25, -0.2) is 4.98 Å². The molecule has 1 rings (SSSR count). The maximum atomic E-state index is 11.3. The zero-order valence-electron chi connectivity index (χ0n) is 6.45. The minimum absolute atomic E-state index is 0.0463. The van der Waals surface area contributed by atoms with E-state index in [9.17, 15) is 9.59 Å². The van der Waals surface area contributed by atoms with Gasteiger partial charge in [-0.15, -0.1) is 0 Å². The number of carbonyl (C=O) groups excluding carboxylic acids is 1. The highest BCUT2D eigenvalue weighted by atomic mass is 79.9. The van der Waals surface area contributed by atoms with Gasteiger partial charge in [0.1, 0.15) is 10.8 Å². The van der Waals surface area contributed by atoms with E-state index in [1.165, 1.54) is 10.9 Å². The number of rotatable bonds is 2. The van der Waals surface area contributed by atoms with E-state index in [-0.39, 0.29) is 12.1 Å². The molecule has 1 aromatic rings. The van der Waals surface area contributed by atoms with Crippen LogP contribution < -0.4 is 5.56 Å². The topological polar surface area (TPSA) is 52.0 Å². The van der Waals surface area contributed by atoms with Crippen LogP contribution in [-0.2, 0) is 11.3 Å². The normalized spacial score (nSPS) is 9.83. The summed E-state index contributed by atoms with van der Waals surface area (Å²) in [5.41, 5.74) is 0.400. The molecule has 12 heavy (non-hydrogen) atoms. The van der Waals surface area contributed by atoms with E-state index >= 15 is 0 Å². The minimum Gasteiger partial charge on any atom is -0.301 e. The highest BCUT2D eigenvalue weighted by molar-refractivity contribution is 9.10. The molecule has 64 valence electrons. The van der Waals surface area contributed by atoms with Crippen molar-refractivity contribution in [3.63, 3.8) is 0 Å². The predicted octanol–water partition coefficient (Wildman–Crippen LogP) is 0.513. The summed E-state index contributed by atoms with van der Waals surface area (Å²) in [5, 5.41) is 0. The second kappa shape index (κ2) is 3.62. The molecule has 0 saturated heterocycles. The molecule has 1 aromatic heterocycles. The lowest BCUT2D eigenvalue weighted by atomic mass is 10.4. The monoisotopic (exact) mass is 230 g/mol. The van der Waals surface area contributed by atoms with Crippen LogP contribution in [0.5, 0.6) is 0 Å². The molecule has 0 unspecified atom stereocenters. The smallest absolute Gasteiger partial charge is 0.268 e. The Morgan fingerprint density at radius 2 is 2.42 bits per heavy atom. The Hall–Kier alpha value is -0.970. The molecule has 0 fully saturated rings. The second-order valence-electron chi connectivity index (χ2n) is 2.27. The van der Waals surface area contributed by atoms with Crippen LogP contribution in [0, 0.1) is 6.92 Å². The highest BCUT2D eigenvalue weighted by Gasteiger charge is 2.03. The molecular formula is C7H7BrN2O2. The highest BCUT2D eigenvalue weighted by Crippen LogP contribution is 2.05. The summed E-state index contributed by atoms with van der Waals surface area (Å²) in [4.78, 5) is 25.3. The van der Waals surface area contributed by atoms with Crippen LogP contribution in [0.25, 0.3) is 0 Å². The molecule has 0 aromatic carbocycles. The Bertz CT molecular complexity index is 359. The fourth-order valence-corrected chi connectivity index (χ4v) is 1.09. The number of aromatic nitrogens is 2. The van der Waals surface area contributed by atoms with Crippen molar-refractivity contribution >= 4 is 22.2 Å². The molecule has 0 aliphatic carbocycles. The molecule has 1 heterocycles. The Kier molecular flexibility index (Phi) is 2.75. The van der Waals surface area contributed by atoms with Crippen molar-refractivity contribution in [2.45, 2.75) is 13.5 Å². The van der Waals surface area contributed by atoms with Crippen molar-refractivity contribution in [3.05, 3.63) is 26.8 Å². The van der Waals surface area contributed by atoms with E-state index in [4.69, 9.17) is 0 Å². The van der Waals surface area contributed by atoms with Crippen LogP contribution in [0.15, 0.2) is 15.6 Å². The maximum absolute atomic E-state index is 11.3. The first-order valence-electron chi connectivity index (χ1n) is 3.32. The van der Waals surface area contributed by atoms with Crippen molar-refractivity contribution in [2.75, 3.05) is 0 Å². The Labute approximate surface area is 77.4 Å². The molecule has 0 amide bonds. The average molecular weight is 231 g/mol. The van der Waals surface area contributed by atoms with Gasteiger partial charge in [0.25, 0.3) is 5.56 Å². The summed E-state index contributed by atoms with van der Waals surface area (Å²) >= 11 is 3.09. The van der Waals surface area contributed by atoms with Crippen molar-refractivity contribution in [3.8, 4) is 0 Å². The largest absolute Gasteiger partial charge is 0.301 e. The Morgan fingerprint density at radius 3 is 3.00 bits per heavy atom. The first-order chi connectivity index (χ1) is 5.66. The molecule has 0 N–H and O–H groups in total. The van der Waals surface area contributed by atoms with E-state index in [0.29, 0.717) is 16.5 Å². The van der Waals surface area contributed by atoms with Gasteiger partial charge in [0, 0.05) is 0 Å². The van der Waals surface area contributed by atoms with Crippen molar-refractivity contribution < 1.29 is 4.79 Å². The zero-order chi connectivity index (χ0) is 9.14. The number of hydrogen-bond donors (Lipinski definition) is 0. The molecule has 4 nitrogen and oxygen atoms in total. The van der Waals surface area contributed by atoms with Crippen molar-refractivity contribution in [2.24, 2.45) is 0 Å². The molecule has 0 bridgehead atoms. The third-order valence-corrected chi connectivity index (χ3v) is 2.34. The molecule has 0 radical (unpaired) electrons. The van der Waals surface area contributed by atoms with Gasteiger partial charge >= 0.3 is 0 Å². The Morgan fingerprint density at radius 1 is 1.75 bits per heavy atom. The summed E-state index contributed by atoms with van der Waals surface area (Å²) in [6.45, 7) is 1.77.